The second kappa shape index (κ2) is 8.94. The van der Waals surface area contributed by atoms with Gasteiger partial charge in [-0.3, -0.25) is 9.69 Å². The van der Waals surface area contributed by atoms with Crippen LogP contribution in [0, 0.1) is 0 Å². The first-order valence-corrected chi connectivity index (χ1v) is 13.5. The predicted octanol–water partition coefficient (Wildman–Crippen LogP) is 3.79. The van der Waals surface area contributed by atoms with Gasteiger partial charge in [-0.25, -0.2) is 18.2 Å². The molecule has 5 rings (SSSR count). The minimum atomic E-state index is -3.49. The van der Waals surface area contributed by atoms with Gasteiger partial charge in [-0.1, -0.05) is 54.6 Å². The molecule has 186 valence electrons. The molecule has 1 fully saturated rings. The molecule has 10 heteroatoms. The van der Waals surface area contributed by atoms with E-state index in [2.05, 4.69) is 5.32 Å². The number of anilines is 1. The maximum absolute atomic E-state index is 12.5. The third-order valence-corrected chi connectivity index (χ3v) is 7.33. The summed E-state index contributed by atoms with van der Waals surface area (Å²) in [6.07, 6.45) is 2.45. The van der Waals surface area contributed by atoms with Crippen LogP contribution in [0.4, 0.5) is 10.5 Å². The summed E-state index contributed by atoms with van der Waals surface area (Å²) in [6.45, 7) is -0.304. The summed E-state index contributed by atoms with van der Waals surface area (Å²) in [5.41, 5.74) is 3.55. The number of hydrogen-bond acceptors (Lipinski definition) is 6. The van der Waals surface area contributed by atoms with Crippen molar-refractivity contribution in [1.29, 1.82) is 0 Å². The summed E-state index contributed by atoms with van der Waals surface area (Å²) in [5.74, 6) is -0.743. The van der Waals surface area contributed by atoms with Gasteiger partial charge in [-0.05, 0) is 36.5 Å². The highest BCUT2D eigenvalue weighted by Gasteiger charge is 2.40. The van der Waals surface area contributed by atoms with E-state index in [9.17, 15) is 23.1 Å². The Bertz CT molecular complexity index is 1430. The summed E-state index contributed by atoms with van der Waals surface area (Å²) in [5, 5.41) is 12.0. The van der Waals surface area contributed by atoms with Gasteiger partial charge in [0, 0.05) is 17.4 Å². The number of carboxylic acid groups (broad SMARTS) is 1. The first-order chi connectivity index (χ1) is 17.2. The number of ether oxygens (including phenoxy) is 1. The molecule has 1 saturated carbocycles. The van der Waals surface area contributed by atoms with Crippen molar-refractivity contribution in [3.05, 3.63) is 66.2 Å². The van der Waals surface area contributed by atoms with Crippen molar-refractivity contribution in [2.75, 3.05) is 23.6 Å². The number of fused-ring (bicyclic) bond motifs is 1. The molecule has 1 aromatic heterocycles. The van der Waals surface area contributed by atoms with Gasteiger partial charge >= 0.3 is 6.09 Å². The Morgan fingerprint density at radius 1 is 1.11 bits per heavy atom. The van der Waals surface area contributed by atoms with Crippen molar-refractivity contribution < 1.29 is 27.9 Å². The summed E-state index contributed by atoms with van der Waals surface area (Å²) >= 11 is 0. The number of hydrogen-bond donors (Lipinski definition) is 2. The van der Waals surface area contributed by atoms with Crippen LogP contribution in [-0.4, -0.2) is 49.2 Å². The number of amides is 2. The Labute approximate surface area is 208 Å². The van der Waals surface area contributed by atoms with E-state index in [1.54, 1.807) is 6.07 Å². The highest BCUT2D eigenvalue weighted by molar-refractivity contribution is 7.90. The molecule has 2 N–H and O–H groups in total. The van der Waals surface area contributed by atoms with Crippen LogP contribution < -0.4 is 15.0 Å². The van der Waals surface area contributed by atoms with Crippen LogP contribution in [0.5, 0.6) is 5.88 Å². The van der Waals surface area contributed by atoms with Crippen molar-refractivity contribution in [1.82, 2.24) is 10.3 Å². The van der Waals surface area contributed by atoms with Crippen LogP contribution in [0.15, 0.2) is 60.7 Å². The standard InChI is InChI=1S/C26H25N3O6S/c1-36(33,34)16-29-21-14-20(17-6-3-2-4-7-17)23(27-24(21)35-15-22(29)30)18-8-10-19(11-9-18)26(12-5-13-26)28-25(31)32/h2-4,6-11,14,28H,5,12-13,15-16H2,1H3,(H,31,32). The third kappa shape index (κ3) is 4.51. The van der Waals surface area contributed by atoms with Crippen molar-refractivity contribution in [3.63, 3.8) is 0 Å². The van der Waals surface area contributed by atoms with E-state index in [0.717, 1.165) is 42.2 Å². The number of carbonyl (C=O) groups excluding carboxylic acids is 1. The van der Waals surface area contributed by atoms with E-state index < -0.39 is 33.3 Å². The molecule has 36 heavy (non-hydrogen) atoms. The molecular formula is C26H25N3O6S. The minimum absolute atomic E-state index is 0.181. The Morgan fingerprint density at radius 3 is 2.39 bits per heavy atom. The zero-order chi connectivity index (χ0) is 25.5. The summed E-state index contributed by atoms with van der Waals surface area (Å²) in [6, 6.07) is 18.8. The highest BCUT2D eigenvalue weighted by atomic mass is 32.2. The largest absolute Gasteiger partial charge is 0.466 e. The normalized spacial score (nSPS) is 16.5. The lowest BCUT2D eigenvalue weighted by atomic mass is 9.71. The first kappa shape index (κ1) is 23.8. The summed E-state index contributed by atoms with van der Waals surface area (Å²) in [4.78, 5) is 29.8. The molecular weight excluding hydrogens is 482 g/mol. The maximum atomic E-state index is 12.5. The lowest BCUT2D eigenvalue weighted by molar-refractivity contribution is -0.121. The summed E-state index contributed by atoms with van der Waals surface area (Å²) < 4.78 is 29.6. The number of rotatable bonds is 6. The van der Waals surface area contributed by atoms with Crippen molar-refractivity contribution in [2.24, 2.45) is 0 Å². The Kier molecular flexibility index (Phi) is 5.91. The molecule has 3 aromatic rings. The molecule has 0 saturated heterocycles. The number of carbonyl (C=O) groups is 2. The predicted molar refractivity (Wildman–Crippen MR) is 134 cm³/mol. The second-order valence-corrected chi connectivity index (χ2v) is 11.3. The van der Waals surface area contributed by atoms with E-state index in [0.29, 0.717) is 16.9 Å². The van der Waals surface area contributed by atoms with Crippen molar-refractivity contribution in [3.8, 4) is 28.3 Å². The van der Waals surface area contributed by atoms with E-state index in [1.807, 2.05) is 54.6 Å². The monoisotopic (exact) mass is 507 g/mol. The number of sulfone groups is 1. The van der Waals surface area contributed by atoms with Gasteiger partial charge in [0.05, 0.1) is 11.2 Å². The molecule has 0 spiro atoms. The van der Waals surface area contributed by atoms with Crippen molar-refractivity contribution >= 4 is 27.5 Å². The topological polar surface area (TPSA) is 126 Å². The van der Waals surface area contributed by atoms with Gasteiger partial charge in [0.2, 0.25) is 5.88 Å². The van der Waals surface area contributed by atoms with Crippen LogP contribution in [0.3, 0.4) is 0 Å². The molecule has 2 aliphatic rings. The number of nitrogens with one attached hydrogen (secondary N) is 1. The van der Waals surface area contributed by atoms with Crippen molar-refractivity contribution in [2.45, 2.75) is 24.8 Å². The molecule has 1 aliphatic carbocycles. The SMILES string of the molecule is CS(=O)(=O)CN1C(=O)COc2nc(-c3ccc(C4(NC(=O)O)CCC4)cc3)c(-c3ccccc3)cc21. The number of benzene rings is 2. The van der Waals surface area contributed by atoms with Crippen LogP contribution in [0.25, 0.3) is 22.4 Å². The minimum Gasteiger partial charge on any atom is -0.466 e. The van der Waals surface area contributed by atoms with E-state index in [1.165, 1.54) is 4.90 Å². The lowest BCUT2D eigenvalue weighted by Crippen LogP contribution is -2.50. The van der Waals surface area contributed by atoms with E-state index in [-0.39, 0.29) is 12.5 Å². The molecule has 1 aliphatic heterocycles. The van der Waals surface area contributed by atoms with Gasteiger partial charge in [-0.2, -0.15) is 0 Å². The Hall–Kier alpha value is -3.92. The van der Waals surface area contributed by atoms with E-state index in [4.69, 9.17) is 9.72 Å². The fourth-order valence-electron chi connectivity index (χ4n) is 4.73. The average Bonchev–Trinajstić information content (AvgIpc) is 2.82. The molecule has 0 radical (unpaired) electrons. The number of pyridine rings is 1. The molecule has 2 amide bonds. The molecule has 9 nitrogen and oxygen atoms in total. The van der Waals surface area contributed by atoms with Crippen LogP contribution in [-0.2, 0) is 20.2 Å². The Morgan fingerprint density at radius 2 is 1.81 bits per heavy atom. The third-order valence-electron chi connectivity index (χ3n) is 6.61. The molecule has 2 heterocycles. The summed E-state index contributed by atoms with van der Waals surface area (Å²) in [7, 11) is -3.49. The average molecular weight is 508 g/mol. The molecule has 0 bridgehead atoms. The quantitative estimate of drug-likeness (QED) is 0.520. The Balaban J connectivity index is 1.61. The molecule has 2 aromatic carbocycles. The van der Waals surface area contributed by atoms with Gasteiger partial charge < -0.3 is 15.2 Å². The van der Waals surface area contributed by atoms with Crippen LogP contribution in [0.1, 0.15) is 24.8 Å². The fourth-order valence-corrected chi connectivity index (χ4v) is 5.48. The molecule has 0 atom stereocenters. The number of nitrogens with zero attached hydrogens (tertiary/aromatic N) is 2. The van der Waals surface area contributed by atoms with Crippen LogP contribution >= 0.6 is 0 Å². The van der Waals surface area contributed by atoms with Gasteiger partial charge in [0.15, 0.2) is 16.4 Å². The van der Waals surface area contributed by atoms with Gasteiger partial charge in [0.25, 0.3) is 5.91 Å². The fraction of sp³-hybridized carbons (Fsp3) is 0.269. The van der Waals surface area contributed by atoms with Gasteiger partial charge in [-0.15, -0.1) is 0 Å². The highest BCUT2D eigenvalue weighted by Crippen LogP contribution is 2.43. The second-order valence-electron chi connectivity index (χ2n) is 9.18. The first-order valence-electron chi connectivity index (χ1n) is 11.5. The van der Waals surface area contributed by atoms with Crippen LogP contribution in [0.2, 0.25) is 0 Å². The smallest absolute Gasteiger partial charge is 0.405 e. The maximum Gasteiger partial charge on any atom is 0.405 e. The zero-order valence-electron chi connectivity index (χ0n) is 19.6. The van der Waals surface area contributed by atoms with E-state index >= 15 is 0 Å². The zero-order valence-corrected chi connectivity index (χ0v) is 20.4. The number of aromatic nitrogens is 1. The van der Waals surface area contributed by atoms with Gasteiger partial charge in [0.1, 0.15) is 11.6 Å². The molecule has 0 unspecified atom stereocenters. The lowest BCUT2D eigenvalue weighted by Gasteiger charge is -2.42.